The lowest BCUT2D eigenvalue weighted by Crippen LogP contribution is -2.30. The Bertz CT molecular complexity index is 517. The first kappa shape index (κ1) is 7.60. The van der Waals surface area contributed by atoms with Crippen LogP contribution >= 0.6 is 0 Å². The van der Waals surface area contributed by atoms with Gasteiger partial charge in [-0.05, 0) is 12.1 Å². The summed E-state index contributed by atoms with van der Waals surface area (Å²) in [5, 5.41) is 0.471. The van der Waals surface area contributed by atoms with Crippen molar-refractivity contribution in [2.75, 3.05) is 11.6 Å². The number of benzene rings is 1. The third-order valence-electron chi connectivity index (χ3n) is 1.84. The van der Waals surface area contributed by atoms with Crippen LogP contribution in [0.25, 0.3) is 10.9 Å². The van der Waals surface area contributed by atoms with Gasteiger partial charge in [-0.3, -0.25) is 4.79 Å². The maximum Gasteiger partial charge on any atom is 0.281 e. The molecule has 0 aliphatic rings. The minimum atomic E-state index is -0.330. The number of rotatable bonds is 0. The standard InChI is InChI=1S/C8H8N4O/c9-8-11-6-4-2-1-3-5(6)7(13)12(8)10/h1-4H,10H2,(H2,9,11). The van der Waals surface area contributed by atoms with Crippen molar-refractivity contribution in [3.05, 3.63) is 34.6 Å². The van der Waals surface area contributed by atoms with Crippen LogP contribution in [0.15, 0.2) is 29.1 Å². The van der Waals surface area contributed by atoms with E-state index in [1.54, 1.807) is 24.3 Å². The molecule has 1 heterocycles. The molecule has 2 rings (SSSR count). The summed E-state index contributed by atoms with van der Waals surface area (Å²) < 4.78 is 0.836. The summed E-state index contributed by atoms with van der Waals surface area (Å²) in [6.07, 6.45) is 0. The van der Waals surface area contributed by atoms with Crippen molar-refractivity contribution in [2.45, 2.75) is 0 Å². The van der Waals surface area contributed by atoms with Gasteiger partial charge < -0.3 is 11.6 Å². The van der Waals surface area contributed by atoms with Crippen molar-refractivity contribution in [2.24, 2.45) is 0 Å². The molecule has 0 fully saturated rings. The topological polar surface area (TPSA) is 86.9 Å². The van der Waals surface area contributed by atoms with Gasteiger partial charge in [-0.25, -0.2) is 4.98 Å². The van der Waals surface area contributed by atoms with E-state index < -0.39 is 0 Å². The van der Waals surface area contributed by atoms with Gasteiger partial charge >= 0.3 is 0 Å². The highest BCUT2D eigenvalue weighted by Gasteiger charge is 2.03. The number of nitrogens with zero attached hydrogens (tertiary/aromatic N) is 2. The Morgan fingerprint density at radius 3 is 2.77 bits per heavy atom. The summed E-state index contributed by atoms with van der Waals surface area (Å²) in [7, 11) is 0. The van der Waals surface area contributed by atoms with E-state index >= 15 is 0 Å². The molecule has 0 radical (unpaired) electrons. The second-order valence-corrected chi connectivity index (χ2v) is 2.66. The van der Waals surface area contributed by atoms with E-state index in [4.69, 9.17) is 11.6 Å². The van der Waals surface area contributed by atoms with Crippen LogP contribution in [0.5, 0.6) is 0 Å². The summed E-state index contributed by atoms with van der Waals surface area (Å²) in [6.45, 7) is 0. The second kappa shape index (κ2) is 2.48. The molecule has 0 spiro atoms. The molecule has 0 unspecified atom stereocenters. The molecule has 1 aromatic heterocycles. The van der Waals surface area contributed by atoms with Gasteiger partial charge in [0.1, 0.15) is 0 Å². The van der Waals surface area contributed by atoms with Crippen molar-refractivity contribution in [3.63, 3.8) is 0 Å². The molecule has 0 saturated carbocycles. The summed E-state index contributed by atoms with van der Waals surface area (Å²) in [6, 6.07) is 6.91. The Morgan fingerprint density at radius 2 is 2.00 bits per heavy atom. The van der Waals surface area contributed by atoms with Gasteiger partial charge in [0.25, 0.3) is 5.56 Å². The Balaban J connectivity index is 3.03. The molecular weight excluding hydrogens is 168 g/mol. The highest BCUT2D eigenvalue weighted by molar-refractivity contribution is 5.78. The van der Waals surface area contributed by atoms with Gasteiger partial charge in [0.05, 0.1) is 10.9 Å². The van der Waals surface area contributed by atoms with Gasteiger partial charge in [0.15, 0.2) is 0 Å². The predicted octanol–water partition coefficient (Wildman–Crippen LogP) is -0.308. The van der Waals surface area contributed by atoms with E-state index in [1.165, 1.54) is 0 Å². The molecule has 0 aliphatic heterocycles. The van der Waals surface area contributed by atoms with Gasteiger partial charge in [-0.15, -0.1) is 0 Å². The molecule has 66 valence electrons. The van der Waals surface area contributed by atoms with E-state index in [0.717, 1.165) is 4.68 Å². The molecule has 5 nitrogen and oxygen atoms in total. The van der Waals surface area contributed by atoms with Crippen LogP contribution in [0.2, 0.25) is 0 Å². The minimum absolute atomic E-state index is 0.0173. The average molecular weight is 176 g/mol. The first-order valence-corrected chi connectivity index (χ1v) is 3.72. The molecule has 0 bridgehead atoms. The summed E-state index contributed by atoms with van der Waals surface area (Å²) in [5.74, 6) is 5.38. The fourth-order valence-electron chi connectivity index (χ4n) is 1.16. The van der Waals surface area contributed by atoms with Crippen molar-refractivity contribution < 1.29 is 0 Å². The third-order valence-corrected chi connectivity index (χ3v) is 1.84. The van der Waals surface area contributed by atoms with Crippen LogP contribution in [0.1, 0.15) is 0 Å². The van der Waals surface area contributed by atoms with Gasteiger partial charge in [-0.2, -0.15) is 4.68 Å². The Kier molecular flexibility index (Phi) is 1.45. The first-order valence-electron chi connectivity index (χ1n) is 3.72. The van der Waals surface area contributed by atoms with E-state index in [2.05, 4.69) is 4.98 Å². The SMILES string of the molecule is Nc1nc2ccccc2c(=O)n1N. The first-order chi connectivity index (χ1) is 6.20. The van der Waals surface area contributed by atoms with E-state index in [-0.39, 0.29) is 11.5 Å². The van der Waals surface area contributed by atoms with Crippen molar-refractivity contribution in [1.82, 2.24) is 9.66 Å². The maximum atomic E-state index is 11.5. The van der Waals surface area contributed by atoms with Gasteiger partial charge in [-0.1, -0.05) is 12.1 Å². The molecule has 0 amide bonds. The summed E-state index contributed by atoms with van der Waals surface area (Å²) in [4.78, 5) is 15.4. The molecule has 13 heavy (non-hydrogen) atoms. The quantitative estimate of drug-likeness (QED) is 0.539. The van der Waals surface area contributed by atoms with Crippen molar-refractivity contribution in [1.29, 1.82) is 0 Å². The molecule has 0 aliphatic carbocycles. The Hall–Kier alpha value is -2.04. The van der Waals surface area contributed by atoms with E-state index in [9.17, 15) is 4.79 Å². The van der Waals surface area contributed by atoms with Crippen LogP contribution in [0.3, 0.4) is 0 Å². The minimum Gasteiger partial charge on any atom is -0.368 e. The number of aromatic nitrogens is 2. The monoisotopic (exact) mass is 176 g/mol. The highest BCUT2D eigenvalue weighted by atomic mass is 16.1. The van der Waals surface area contributed by atoms with Crippen LogP contribution in [-0.4, -0.2) is 9.66 Å². The Labute approximate surface area is 73.6 Å². The number of para-hydroxylation sites is 1. The molecular formula is C8H8N4O. The lowest BCUT2D eigenvalue weighted by Gasteiger charge is -2.02. The Morgan fingerprint density at radius 1 is 1.31 bits per heavy atom. The van der Waals surface area contributed by atoms with Crippen LogP contribution in [0.4, 0.5) is 5.95 Å². The number of anilines is 1. The normalized spacial score (nSPS) is 10.5. The van der Waals surface area contributed by atoms with Crippen LogP contribution in [-0.2, 0) is 0 Å². The predicted molar refractivity (Wildman–Crippen MR) is 50.6 cm³/mol. The zero-order chi connectivity index (χ0) is 9.42. The molecule has 1 aromatic carbocycles. The summed E-state index contributed by atoms with van der Waals surface area (Å²) >= 11 is 0. The lowest BCUT2D eigenvalue weighted by atomic mass is 10.2. The number of hydrogen-bond acceptors (Lipinski definition) is 4. The van der Waals surface area contributed by atoms with Crippen molar-refractivity contribution in [3.8, 4) is 0 Å². The number of nitrogens with two attached hydrogens (primary N) is 2. The van der Waals surface area contributed by atoms with Crippen LogP contribution in [0, 0.1) is 0 Å². The molecule has 4 N–H and O–H groups in total. The number of nitrogen functional groups attached to an aromatic ring is 2. The molecule has 2 aromatic rings. The zero-order valence-electron chi connectivity index (χ0n) is 6.77. The largest absolute Gasteiger partial charge is 0.368 e. The fraction of sp³-hybridized carbons (Fsp3) is 0. The van der Waals surface area contributed by atoms with Crippen LogP contribution < -0.4 is 17.1 Å². The zero-order valence-corrected chi connectivity index (χ0v) is 6.77. The van der Waals surface area contributed by atoms with Gasteiger partial charge in [0, 0.05) is 0 Å². The number of hydrogen-bond donors (Lipinski definition) is 2. The molecule has 0 atom stereocenters. The third kappa shape index (κ3) is 1.01. The fourth-order valence-corrected chi connectivity index (χ4v) is 1.16. The number of fused-ring (bicyclic) bond motifs is 1. The van der Waals surface area contributed by atoms with E-state index in [0.29, 0.717) is 10.9 Å². The van der Waals surface area contributed by atoms with E-state index in [1.807, 2.05) is 0 Å². The van der Waals surface area contributed by atoms with Gasteiger partial charge in [0.2, 0.25) is 5.95 Å². The lowest BCUT2D eigenvalue weighted by molar-refractivity contribution is 0.933. The molecule has 5 heteroatoms. The van der Waals surface area contributed by atoms with Crippen molar-refractivity contribution >= 4 is 16.9 Å². The second-order valence-electron chi connectivity index (χ2n) is 2.66. The average Bonchev–Trinajstić information content (AvgIpc) is 2.15. The smallest absolute Gasteiger partial charge is 0.281 e. The maximum absolute atomic E-state index is 11.5. The summed E-state index contributed by atoms with van der Waals surface area (Å²) in [5.41, 5.74) is 5.64. The molecule has 0 saturated heterocycles. The highest BCUT2D eigenvalue weighted by Crippen LogP contribution is 2.06.